The molecule has 1 N–H and O–H groups in total. The number of benzene rings is 3. The van der Waals surface area contributed by atoms with Gasteiger partial charge < -0.3 is 4.90 Å². The van der Waals surface area contributed by atoms with Gasteiger partial charge in [-0.25, -0.2) is 12.8 Å². The Bertz CT molecular complexity index is 1150. The average Bonchev–Trinajstić information content (AvgIpc) is 2.74. The second-order valence-corrected chi connectivity index (χ2v) is 8.77. The number of halogens is 1. The third kappa shape index (κ3) is 4.68. The maximum absolute atomic E-state index is 13.1. The van der Waals surface area contributed by atoms with Crippen molar-refractivity contribution in [1.29, 1.82) is 0 Å². The molecule has 0 aliphatic rings. The summed E-state index contributed by atoms with van der Waals surface area (Å²) in [6.45, 7) is 3.68. The molecule has 1 atom stereocenters. The molecule has 0 bridgehead atoms. The first-order valence-electron chi connectivity index (χ1n) is 9.40. The number of hydrogen-bond donors (Lipinski definition) is 1. The predicted molar refractivity (Wildman–Crippen MR) is 115 cm³/mol. The average molecular weight is 427 g/mol. The Balaban J connectivity index is 1.88. The first-order valence-corrected chi connectivity index (χ1v) is 10.9. The zero-order valence-corrected chi connectivity index (χ0v) is 17.8. The summed E-state index contributed by atoms with van der Waals surface area (Å²) < 4.78 is 41.0. The van der Waals surface area contributed by atoms with Gasteiger partial charge in [0.05, 0.1) is 10.9 Å². The number of aryl methyl sites for hydroxylation is 1. The minimum absolute atomic E-state index is 0.0402. The molecule has 3 rings (SSSR count). The largest absolute Gasteiger partial charge is 0.335 e. The van der Waals surface area contributed by atoms with Gasteiger partial charge in [-0.05, 0) is 61.4 Å². The Kier molecular flexibility index (Phi) is 6.22. The molecule has 0 saturated heterocycles. The lowest BCUT2D eigenvalue weighted by Gasteiger charge is -2.26. The molecule has 0 aliphatic carbocycles. The van der Waals surface area contributed by atoms with Gasteiger partial charge in [0.1, 0.15) is 5.82 Å². The van der Waals surface area contributed by atoms with Crippen molar-refractivity contribution in [3.05, 3.63) is 95.3 Å². The van der Waals surface area contributed by atoms with E-state index in [-0.39, 0.29) is 22.5 Å². The molecule has 30 heavy (non-hydrogen) atoms. The number of rotatable bonds is 6. The third-order valence-corrected chi connectivity index (χ3v) is 6.41. The number of hydrogen-bond acceptors (Lipinski definition) is 3. The molecule has 3 aromatic rings. The van der Waals surface area contributed by atoms with E-state index in [4.69, 9.17) is 0 Å². The van der Waals surface area contributed by atoms with Crippen LogP contribution in [-0.2, 0) is 10.0 Å². The van der Waals surface area contributed by atoms with E-state index in [1.165, 1.54) is 36.4 Å². The van der Waals surface area contributed by atoms with Crippen LogP contribution in [0.15, 0.2) is 77.7 Å². The van der Waals surface area contributed by atoms with Crippen molar-refractivity contribution in [1.82, 2.24) is 4.90 Å². The molecule has 0 radical (unpaired) electrons. The van der Waals surface area contributed by atoms with Gasteiger partial charge in [-0.3, -0.25) is 9.52 Å². The highest BCUT2D eigenvalue weighted by molar-refractivity contribution is 7.92. The molecule has 0 heterocycles. The van der Waals surface area contributed by atoms with Gasteiger partial charge in [0.25, 0.3) is 15.9 Å². The number of anilines is 1. The third-order valence-electron chi connectivity index (χ3n) is 5.03. The Hall–Kier alpha value is -3.19. The van der Waals surface area contributed by atoms with Gasteiger partial charge in [-0.1, -0.05) is 36.4 Å². The molecule has 7 heteroatoms. The fourth-order valence-corrected chi connectivity index (χ4v) is 4.14. The van der Waals surface area contributed by atoms with Crippen LogP contribution in [0.2, 0.25) is 0 Å². The summed E-state index contributed by atoms with van der Waals surface area (Å²) in [6.07, 6.45) is 0. The van der Waals surface area contributed by atoms with E-state index in [9.17, 15) is 17.6 Å². The monoisotopic (exact) mass is 426 g/mol. The van der Waals surface area contributed by atoms with Crippen molar-refractivity contribution in [3.63, 3.8) is 0 Å². The molecule has 156 valence electrons. The van der Waals surface area contributed by atoms with Crippen molar-refractivity contribution in [2.24, 2.45) is 0 Å². The fraction of sp³-hybridized carbons (Fsp3) is 0.174. The maximum Gasteiger partial charge on any atom is 0.261 e. The van der Waals surface area contributed by atoms with Crippen LogP contribution in [0, 0.1) is 12.7 Å². The minimum atomic E-state index is -3.94. The van der Waals surface area contributed by atoms with E-state index in [1.807, 2.05) is 37.3 Å². The van der Waals surface area contributed by atoms with Gasteiger partial charge in [0.2, 0.25) is 0 Å². The van der Waals surface area contributed by atoms with Gasteiger partial charge in [-0.15, -0.1) is 0 Å². The summed E-state index contributed by atoms with van der Waals surface area (Å²) in [5.74, 6) is -0.737. The van der Waals surface area contributed by atoms with Gasteiger partial charge in [0.15, 0.2) is 0 Å². The topological polar surface area (TPSA) is 66.5 Å². The SMILES string of the molecule is Cc1ccc(S(=O)(=O)Nc2ccc(F)cc2)cc1C(=O)N(C)C(C)c1ccccc1. The number of carbonyl (C=O) groups excluding carboxylic acids is 1. The van der Waals surface area contributed by atoms with E-state index < -0.39 is 15.8 Å². The van der Waals surface area contributed by atoms with E-state index in [0.29, 0.717) is 11.1 Å². The Morgan fingerprint density at radius 1 is 1.00 bits per heavy atom. The normalized spacial score (nSPS) is 12.3. The van der Waals surface area contributed by atoms with Crippen LogP contribution in [0.3, 0.4) is 0 Å². The van der Waals surface area contributed by atoms with Crippen molar-refractivity contribution < 1.29 is 17.6 Å². The Morgan fingerprint density at radius 2 is 1.63 bits per heavy atom. The van der Waals surface area contributed by atoms with E-state index in [1.54, 1.807) is 24.9 Å². The highest BCUT2D eigenvalue weighted by Gasteiger charge is 2.23. The molecular formula is C23H23FN2O3S. The number of carbonyl (C=O) groups is 1. The first kappa shape index (κ1) is 21.5. The van der Waals surface area contributed by atoms with Gasteiger partial charge in [0, 0.05) is 18.3 Å². The molecule has 0 aromatic heterocycles. The quantitative estimate of drug-likeness (QED) is 0.618. The van der Waals surface area contributed by atoms with Crippen molar-refractivity contribution in [2.45, 2.75) is 24.8 Å². The van der Waals surface area contributed by atoms with Crippen LogP contribution in [0.1, 0.15) is 34.5 Å². The Morgan fingerprint density at radius 3 is 2.27 bits per heavy atom. The molecule has 0 saturated carbocycles. The standard InChI is InChI=1S/C23H23FN2O3S/c1-16-9-14-21(30(28,29)25-20-12-10-19(24)11-13-20)15-22(16)23(27)26(3)17(2)18-7-5-4-6-8-18/h4-15,17,25H,1-3H3. The highest BCUT2D eigenvalue weighted by atomic mass is 32.2. The summed E-state index contributed by atoms with van der Waals surface area (Å²) in [5, 5.41) is 0. The number of amides is 1. The summed E-state index contributed by atoms with van der Waals surface area (Å²) in [4.78, 5) is 14.7. The zero-order valence-electron chi connectivity index (χ0n) is 17.0. The fourth-order valence-electron chi connectivity index (χ4n) is 3.05. The predicted octanol–water partition coefficient (Wildman–Crippen LogP) is 4.77. The summed E-state index contributed by atoms with van der Waals surface area (Å²) >= 11 is 0. The van der Waals surface area contributed by atoms with Crippen LogP contribution < -0.4 is 4.72 Å². The zero-order chi connectivity index (χ0) is 21.9. The van der Waals surface area contributed by atoms with Crippen LogP contribution in [0.25, 0.3) is 0 Å². The van der Waals surface area contributed by atoms with Crippen molar-refractivity contribution in [2.75, 3.05) is 11.8 Å². The Labute approximate surface area is 176 Å². The minimum Gasteiger partial charge on any atom is -0.335 e. The molecular weight excluding hydrogens is 403 g/mol. The van der Waals surface area contributed by atoms with Gasteiger partial charge in [-0.2, -0.15) is 0 Å². The molecule has 5 nitrogen and oxygen atoms in total. The maximum atomic E-state index is 13.1. The highest BCUT2D eigenvalue weighted by Crippen LogP contribution is 2.24. The lowest BCUT2D eigenvalue weighted by molar-refractivity contribution is 0.0741. The van der Waals surface area contributed by atoms with Crippen LogP contribution in [-0.4, -0.2) is 26.3 Å². The van der Waals surface area contributed by atoms with Crippen molar-refractivity contribution >= 4 is 21.6 Å². The number of sulfonamides is 1. The molecule has 0 fully saturated rings. The van der Waals surface area contributed by atoms with Crippen LogP contribution in [0.5, 0.6) is 0 Å². The smallest absolute Gasteiger partial charge is 0.261 e. The summed E-state index contributed by atoms with van der Waals surface area (Å²) in [5.41, 5.74) is 2.20. The second-order valence-electron chi connectivity index (χ2n) is 7.09. The first-order chi connectivity index (χ1) is 14.2. The molecule has 1 amide bonds. The summed E-state index contributed by atoms with van der Waals surface area (Å²) in [6, 6.07) is 18.8. The van der Waals surface area contributed by atoms with Crippen LogP contribution in [0.4, 0.5) is 10.1 Å². The lowest BCUT2D eigenvalue weighted by atomic mass is 10.0. The molecule has 1 unspecified atom stereocenters. The lowest BCUT2D eigenvalue weighted by Crippen LogP contribution is -2.30. The molecule has 0 aliphatic heterocycles. The molecule has 0 spiro atoms. The van der Waals surface area contributed by atoms with E-state index in [2.05, 4.69) is 4.72 Å². The second kappa shape index (κ2) is 8.67. The summed E-state index contributed by atoms with van der Waals surface area (Å²) in [7, 11) is -2.25. The van der Waals surface area contributed by atoms with E-state index in [0.717, 1.165) is 5.56 Å². The van der Waals surface area contributed by atoms with Crippen LogP contribution >= 0.6 is 0 Å². The number of nitrogens with zero attached hydrogens (tertiary/aromatic N) is 1. The van der Waals surface area contributed by atoms with Gasteiger partial charge >= 0.3 is 0 Å². The van der Waals surface area contributed by atoms with Crippen molar-refractivity contribution in [3.8, 4) is 0 Å². The molecule has 3 aromatic carbocycles. The number of nitrogens with one attached hydrogen (secondary N) is 1. The van der Waals surface area contributed by atoms with E-state index >= 15 is 0 Å².